The van der Waals surface area contributed by atoms with Gasteiger partial charge in [0, 0.05) is 19.7 Å². The van der Waals surface area contributed by atoms with Crippen LogP contribution in [-0.2, 0) is 11.3 Å². The summed E-state index contributed by atoms with van der Waals surface area (Å²) in [5.74, 6) is 1.53. The second-order valence-corrected chi connectivity index (χ2v) is 5.80. The molecule has 1 aromatic carbocycles. The van der Waals surface area contributed by atoms with Crippen LogP contribution in [0.3, 0.4) is 0 Å². The summed E-state index contributed by atoms with van der Waals surface area (Å²) in [6.45, 7) is 3.40. The number of benzene rings is 1. The minimum Gasteiger partial charge on any atom is -0.493 e. The smallest absolute Gasteiger partial charge is 0.175 e. The molecule has 1 aromatic rings. The molecule has 4 nitrogen and oxygen atoms in total. The first-order valence-electron chi connectivity index (χ1n) is 6.93. The normalized spacial score (nSPS) is 21.4. The van der Waals surface area contributed by atoms with Crippen LogP contribution >= 0.6 is 15.9 Å². The Morgan fingerprint density at radius 3 is 2.65 bits per heavy atom. The third-order valence-corrected chi connectivity index (χ3v) is 4.19. The molecule has 1 aliphatic carbocycles. The molecule has 2 rings (SSSR count). The lowest BCUT2D eigenvalue weighted by Crippen LogP contribution is -2.44. The molecular weight excluding hydrogens is 322 g/mol. The summed E-state index contributed by atoms with van der Waals surface area (Å²) in [5.41, 5.74) is 1.18. The molecule has 20 heavy (non-hydrogen) atoms. The van der Waals surface area contributed by atoms with E-state index in [0.717, 1.165) is 35.4 Å². The second kappa shape index (κ2) is 7.29. The maximum absolute atomic E-state index is 5.59. The largest absolute Gasteiger partial charge is 0.493 e. The van der Waals surface area contributed by atoms with E-state index in [2.05, 4.69) is 27.3 Å². The van der Waals surface area contributed by atoms with E-state index in [1.54, 1.807) is 14.2 Å². The van der Waals surface area contributed by atoms with Crippen molar-refractivity contribution in [1.82, 2.24) is 5.32 Å². The summed E-state index contributed by atoms with van der Waals surface area (Å²) in [5, 5.41) is 3.53. The number of hydrogen-bond donors (Lipinski definition) is 1. The molecule has 1 N–H and O–H groups in total. The lowest BCUT2D eigenvalue weighted by Gasteiger charge is -2.34. The highest BCUT2D eigenvalue weighted by Crippen LogP contribution is 2.36. The topological polar surface area (TPSA) is 39.7 Å². The first-order chi connectivity index (χ1) is 9.67. The van der Waals surface area contributed by atoms with Crippen molar-refractivity contribution in [2.45, 2.75) is 38.5 Å². The van der Waals surface area contributed by atoms with Gasteiger partial charge in [0.05, 0.1) is 24.3 Å². The van der Waals surface area contributed by atoms with E-state index in [1.807, 2.05) is 13.0 Å². The summed E-state index contributed by atoms with van der Waals surface area (Å²) < 4.78 is 17.2. The van der Waals surface area contributed by atoms with Gasteiger partial charge in [0.1, 0.15) is 0 Å². The Morgan fingerprint density at radius 1 is 1.30 bits per heavy atom. The van der Waals surface area contributed by atoms with Gasteiger partial charge in [0.15, 0.2) is 11.5 Å². The van der Waals surface area contributed by atoms with E-state index in [1.165, 1.54) is 5.56 Å². The number of ether oxygens (including phenoxy) is 3. The van der Waals surface area contributed by atoms with E-state index < -0.39 is 0 Å². The first kappa shape index (κ1) is 15.6. The fourth-order valence-electron chi connectivity index (χ4n) is 2.35. The van der Waals surface area contributed by atoms with E-state index >= 15 is 0 Å². The number of halogens is 1. The summed E-state index contributed by atoms with van der Waals surface area (Å²) in [4.78, 5) is 0. The standard InChI is InChI=1S/C15H22BrNO3/c1-4-20-15-13(16)5-10(6-14(15)19-3)9-17-11-7-12(8-11)18-2/h5-6,11-12,17H,4,7-9H2,1-3H3. The highest BCUT2D eigenvalue weighted by Gasteiger charge is 2.28. The Kier molecular flexibility index (Phi) is 5.69. The van der Waals surface area contributed by atoms with Crippen molar-refractivity contribution in [2.75, 3.05) is 20.8 Å². The molecule has 112 valence electrons. The van der Waals surface area contributed by atoms with E-state index in [4.69, 9.17) is 14.2 Å². The molecule has 0 heterocycles. The summed E-state index contributed by atoms with van der Waals surface area (Å²) in [6, 6.07) is 4.65. The number of nitrogens with one attached hydrogen (secondary N) is 1. The second-order valence-electron chi connectivity index (χ2n) is 4.95. The SMILES string of the molecule is CCOc1c(Br)cc(CNC2CC(OC)C2)cc1OC. The average molecular weight is 344 g/mol. The van der Waals surface area contributed by atoms with Crippen molar-refractivity contribution in [3.63, 3.8) is 0 Å². The fourth-order valence-corrected chi connectivity index (χ4v) is 2.95. The Bertz CT molecular complexity index is 447. The Morgan fingerprint density at radius 2 is 2.05 bits per heavy atom. The van der Waals surface area contributed by atoms with Crippen molar-refractivity contribution >= 4 is 15.9 Å². The lowest BCUT2D eigenvalue weighted by atomic mass is 9.89. The van der Waals surface area contributed by atoms with Gasteiger partial charge >= 0.3 is 0 Å². The quantitative estimate of drug-likeness (QED) is 0.825. The molecule has 0 unspecified atom stereocenters. The van der Waals surface area contributed by atoms with Gasteiger partial charge in [0.2, 0.25) is 0 Å². The van der Waals surface area contributed by atoms with Crippen molar-refractivity contribution in [1.29, 1.82) is 0 Å². The highest BCUT2D eigenvalue weighted by atomic mass is 79.9. The fraction of sp³-hybridized carbons (Fsp3) is 0.600. The van der Waals surface area contributed by atoms with Crippen LogP contribution in [0.4, 0.5) is 0 Å². The number of hydrogen-bond acceptors (Lipinski definition) is 4. The maximum Gasteiger partial charge on any atom is 0.175 e. The maximum atomic E-state index is 5.59. The molecule has 0 aliphatic heterocycles. The van der Waals surface area contributed by atoms with Gasteiger partial charge in [-0.15, -0.1) is 0 Å². The van der Waals surface area contributed by atoms with Gasteiger partial charge in [0.25, 0.3) is 0 Å². The summed E-state index contributed by atoms with van der Waals surface area (Å²) >= 11 is 3.55. The minimum atomic E-state index is 0.425. The predicted molar refractivity (Wildman–Crippen MR) is 82.5 cm³/mol. The van der Waals surface area contributed by atoms with Gasteiger partial charge in [-0.1, -0.05) is 0 Å². The first-order valence-corrected chi connectivity index (χ1v) is 7.72. The Labute approximate surface area is 128 Å². The van der Waals surface area contributed by atoms with Gasteiger partial charge < -0.3 is 19.5 Å². The molecule has 5 heteroatoms. The zero-order chi connectivity index (χ0) is 14.5. The number of methoxy groups -OCH3 is 2. The van der Waals surface area contributed by atoms with Gasteiger partial charge in [-0.25, -0.2) is 0 Å². The van der Waals surface area contributed by atoms with Crippen molar-refractivity contribution in [3.8, 4) is 11.5 Å². The lowest BCUT2D eigenvalue weighted by molar-refractivity contribution is 0.0170. The molecule has 0 radical (unpaired) electrons. The molecule has 1 aliphatic rings. The van der Waals surface area contributed by atoms with Crippen LogP contribution in [0.5, 0.6) is 11.5 Å². The molecule has 0 aromatic heterocycles. The molecule has 0 amide bonds. The third-order valence-electron chi connectivity index (χ3n) is 3.60. The number of rotatable bonds is 7. The molecule has 0 atom stereocenters. The van der Waals surface area contributed by atoms with Crippen LogP contribution < -0.4 is 14.8 Å². The van der Waals surface area contributed by atoms with Gasteiger partial charge in [-0.05, 0) is 53.4 Å². The van der Waals surface area contributed by atoms with Crippen LogP contribution in [0.25, 0.3) is 0 Å². The minimum absolute atomic E-state index is 0.425. The van der Waals surface area contributed by atoms with E-state index in [-0.39, 0.29) is 0 Å². The molecule has 1 fully saturated rings. The van der Waals surface area contributed by atoms with Crippen LogP contribution in [-0.4, -0.2) is 33.0 Å². The average Bonchev–Trinajstić information content (AvgIpc) is 2.40. The van der Waals surface area contributed by atoms with Crippen molar-refractivity contribution in [2.24, 2.45) is 0 Å². The van der Waals surface area contributed by atoms with Crippen LogP contribution in [0.1, 0.15) is 25.3 Å². The van der Waals surface area contributed by atoms with Crippen LogP contribution in [0.2, 0.25) is 0 Å². The van der Waals surface area contributed by atoms with Crippen molar-refractivity contribution < 1.29 is 14.2 Å². The molecule has 0 spiro atoms. The van der Waals surface area contributed by atoms with E-state index in [9.17, 15) is 0 Å². The third kappa shape index (κ3) is 3.65. The zero-order valence-corrected chi connectivity index (χ0v) is 13.8. The van der Waals surface area contributed by atoms with Gasteiger partial charge in [-0.2, -0.15) is 0 Å². The van der Waals surface area contributed by atoms with Gasteiger partial charge in [-0.3, -0.25) is 0 Å². The summed E-state index contributed by atoms with van der Waals surface area (Å²) in [7, 11) is 3.44. The Balaban J connectivity index is 1.96. The monoisotopic (exact) mass is 343 g/mol. The van der Waals surface area contributed by atoms with Crippen molar-refractivity contribution in [3.05, 3.63) is 22.2 Å². The zero-order valence-electron chi connectivity index (χ0n) is 12.2. The molecular formula is C15H22BrNO3. The summed E-state index contributed by atoms with van der Waals surface area (Å²) in [6.07, 6.45) is 2.60. The molecule has 1 saturated carbocycles. The Hall–Kier alpha value is -0.780. The van der Waals surface area contributed by atoms with E-state index in [0.29, 0.717) is 18.8 Å². The van der Waals surface area contributed by atoms with Crippen LogP contribution in [0.15, 0.2) is 16.6 Å². The highest BCUT2D eigenvalue weighted by molar-refractivity contribution is 9.10. The molecule has 0 bridgehead atoms. The predicted octanol–water partition coefficient (Wildman–Crippen LogP) is 3.12. The molecule has 0 saturated heterocycles. The van der Waals surface area contributed by atoms with Crippen LogP contribution in [0, 0.1) is 0 Å².